The van der Waals surface area contributed by atoms with Crippen molar-refractivity contribution in [2.24, 2.45) is 0 Å². The molecule has 0 N–H and O–H groups in total. The summed E-state index contributed by atoms with van der Waals surface area (Å²) in [4.78, 5) is 17.7. The molecule has 1 heterocycles. The maximum atomic E-state index is 12.5. The van der Waals surface area contributed by atoms with Crippen molar-refractivity contribution in [3.05, 3.63) is 44.9 Å². The molecule has 8 heteroatoms. The van der Waals surface area contributed by atoms with E-state index in [-0.39, 0.29) is 17.1 Å². The smallest absolute Gasteiger partial charge is 0.338 e. The molecule has 1 aromatic carbocycles. The molecule has 0 fully saturated rings. The average Bonchev–Trinajstić information content (AvgIpc) is 2.94. The van der Waals surface area contributed by atoms with Crippen LogP contribution in [0.5, 0.6) is 0 Å². The first-order valence-corrected chi connectivity index (χ1v) is 10.1. The molecular weight excluding hydrogens is 360 g/mol. The zero-order valence-electron chi connectivity index (χ0n) is 15.0. The predicted octanol–water partition coefficient (Wildman–Crippen LogP) is 2.72. The van der Waals surface area contributed by atoms with E-state index < -0.39 is 16.0 Å². The highest BCUT2D eigenvalue weighted by Gasteiger charge is 2.23. The van der Waals surface area contributed by atoms with Gasteiger partial charge in [0.15, 0.2) is 0 Å². The third kappa shape index (κ3) is 4.26. The van der Waals surface area contributed by atoms with Gasteiger partial charge >= 0.3 is 5.97 Å². The highest BCUT2D eigenvalue weighted by molar-refractivity contribution is 7.89. The molecule has 2 aromatic rings. The minimum atomic E-state index is -3.63. The maximum absolute atomic E-state index is 12.5. The number of esters is 1. The van der Waals surface area contributed by atoms with Gasteiger partial charge in [-0.2, -0.15) is 0 Å². The number of ether oxygens (including phenoxy) is 1. The fourth-order valence-corrected chi connectivity index (χ4v) is 4.28. The van der Waals surface area contributed by atoms with Crippen LogP contribution in [-0.4, -0.2) is 44.4 Å². The van der Waals surface area contributed by atoms with E-state index in [9.17, 15) is 13.2 Å². The van der Waals surface area contributed by atoms with Crippen LogP contribution in [-0.2, 0) is 21.2 Å². The highest BCUT2D eigenvalue weighted by Crippen LogP contribution is 2.24. The summed E-state index contributed by atoms with van der Waals surface area (Å²) in [5.41, 5.74) is 4.30. The average molecular weight is 383 g/mol. The number of benzene rings is 1. The van der Waals surface area contributed by atoms with Crippen molar-refractivity contribution in [1.82, 2.24) is 9.29 Å². The van der Waals surface area contributed by atoms with Gasteiger partial charge in [0.05, 0.1) is 28.3 Å². The second-order valence-electron chi connectivity index (χ2n) is 5.95. The summed E-state index contributed by atoms with van der Waals surface area (Å²) in [6.45, 7) is 5.65. The summed E-state index contributed by atoms with van der Waals surface area (Å²) >= 11 is 1.52. The van der Waals surface area contributed by atoms with Crippen molar-refractivity contribution in [3.63, 3.8) is 0 Å². The number of aryl methyl sites for hydroxylation is 2. The number of hydrogen-bond acceptors (Lipinski definition) is 6. The molecule has 0 saturated carbocycles. The van der Waals surface area contributed by atoms with Gasteiger partial charge in [-0.05, 0) is 44.0 Å². The molecule has 0 amide bonds. The second kappa shape index (κ2) is 7.63. The van der Waals surface area contributed by atoms with Gasteiger partial charge in [0.25, 0.3) is 0 Å². The molecular formula is C17H22N2O4S2. The highest BCUT2D eigenvalue weighted by atomic mass is 32.2. The topological polar surface area (TPSA) is 76.6 Å². The fraction of sp³-hybridized carbons (Fsp3) is 0.412. The first-order chi connectivity index (χ1) is 11.6. The van der Waals surface area contributed by atoms with Gasteiger partial charge in [0, 0.05) is 25.4 Å². The minimum Gasteiger partial charge on any atom is -0.462 e. The van der Waals surface area contributed by atoms with E-state index >= 15 is 0 Å². The number of hydrogen-bond donors (Lipinski definition) is 0. The van der Waals surface area contributed by atoms with Crippen LogP contribution < -0.4 is 0 Å². The van der Waals surface area contributed by atoms with E-state index in [1.54, 1.807) is 25.4 Å². The van der Waals surface area contributed by atoms with Crippen molar-refractivity contribution in [2.45, 2.75) is 32.1 Å². The second-order valence-corrected chi connectivity index (χ2v) is 9.01. The Hall–Kier alpha value is -1.77. The largest absolute Gasteiger partial charge is 0.462 e. The number of aromatic nitrogens is 1. The zero-order valence-corrected chi connectivity index (χ0v) is 16.6. The number of carbonyl (C=O) groups is 1. The van der Waals surface area contributed by atoms with Crippen molar-refractivity contribution >= 4 is 27.3 Å². The molecule has 1 aromatic heterocycles. The lowest BCUT2D eigenvalue weighted by Crippen LogP contribution is -2.24. The lowest BCUT2D eigenvalue weighted by Gasteiger charge is -2.16. The summed E-state index contributed by atoms with van der Waals surface area (Å²) < 4.78 is 31.4. The third-order valence-corrected chi connectivity index (χ3v) is 6.96. The number of nitrogens with zero attached hydrogens (tertiary/aromatic N) is 2. The molecule has 0 aliphatic carbocycles. The van der Waals surface area contributed by atoms with E-state index in [0.29, 0.717) is 12.0 Å². The summed E-state index contributed by atoms with van der Waals surface area (Å²) in [6.07, 6.45) is 0.593. The van der Waals surface area contributed by atoms with Gasteiger partial charge in [-0.1, -0.05) is 0 Å². The normalized spacial score (nSPS) is 11.8. The first kappa shape index (κ1) is 19.6. The number of rotatable bonds is 6. The SMILES string of the molecule is Cc1cc(C(=O)OCCc2scnc2C)cc(S(=O)(=O)N(C)C)c1C. The molecule has 0 atom stereocenters. The quantitative estimate of drug-likeness (QED) is 0.718. The van der Waals surface area contributed by atoms with Crippen molar-refractivity contribution in [2.75, 3.05) is 20.7 Å². The summed E-state index contributed by atoms with van der Waals surface area (Å²) in [6, 6.07) is 3.04. The first-order valence-electron chi connectivity index (χ1n) is 7.74. The van der Waals surface area contributed by atoms with E-state index in [0.717, 1.165) is 20.4 Å². The molecule has 2 rings (SSSR count). The van der Waals surface area contributed by atoms with E-state index in [4.69, 9.17) is 4.74 Å². The Bertz CT molecular complexity index is 886. The van der Waals surface area contributed by atoms with Gasteiger partial charge in [-0.25, -0.2) is 22.5 Å². The Morgan fingerprint density at radius 2 is 1.92 bits per heavy atom. The standard InChI is InChI=1S/C17H22N2O4S2/c1-11-8-14(9-16(12(11)2)25(21,22)19(4)5)17(20)23-7-6-15-13(3)18-10-24-15/h8-10H,6-7H2,1-5H3. The van der Waals surface area contributed by atoms with Crippen LogP contribution in [0.25, 0.3) is 0 Å². The summed E-state index contributed by atoms with van der Waals surface area (Å²) in [5, 5.41) is 0. The van der Waals surface area contributed by atoms with Gasteiger partial charge < -0.3 is 4.74 Å². The molecule has 0 bridgehead atoms. The van der Waals surface area contributed by atoms with Crippen LogP contribution >= 0.6 is 11.3 Å². The monoisotopic (exact) mass is 382 g/mol. The molecule has 0 aliphatic rings. The van der Waals surface area contributed by atoms with Crippen LogP contribution in [0.3, 0.4) is 0 Å². The minimum absolute atomic E-state index is 0.128. The molecule has 0 saturated heterocycles. The molecule has 25 heavy (non-hydrogen) atoms. The molecule has 0 spiro atoms. The summed E-state index contributed by atoms with van der Waals surface area (Å²) in [5.74, 6) is -0.527. The Balaban J connectivity index is 2.20. The van der Waals surface area contributed by atoms with Crippen LogP contribution in [0.2, 0.25) is 0 Å². The Morgan fingerprint density at radius 3 is 2.48 bits per heavy atom. The Morgan fingerprint density at radius 1 is 1.24 bits per heavy atom. The molecule has 0 unspecified atom stereocenters. The van der Waals surface area contributed by atoms with E-state index in [1.165, 1.54) is 31.5 Å². The Kier molecular flexibility index (Phi) is 5.97. The van der Waals surface area contributed by atoms with Crippen LogP contribution in [0.1, 0.15) is 32.1 Å². The number of thiazole rings is 1. The van der Waals surface area contributed by atoms with Crippen molar-refractivity contribution < 1.29 is 17.9 Å². The van der Waals surface area contributed by atoms with Crippen LogP contribution in [0.4, 0.5) is 0 Å². The predicted molar refractivity (Wildman–Crippen MR) is 97.6 cm³/mol. The van der Waals surface area contributed by atoms with Gasteiger partial charge in [-0.15, -0.1) is 11.3 Å². The van der Waals surface area contributed by atoms with Crippen molar-refractivity contribution in [1.29, 1.82) is 0 Å². The molecule has 0 aliphatic heterocycles. The van der Waals surface area contributed by atoms with Gasteiger partial charge in [0.2, 0.25) is 10.0 Å². The maximum Gasteiger partial charge on any atom is 0.338 e. The lowest BCUT2D eigenvalue weighted by molar-refractivity contribution is 0.0509. The zero-order chi connectivity index (χ0) is 18.8. The van der Waals surface area contributed by atoms with Crippen LogP contribution in [0, 0.1) is 20.8 Å². The third-order valence-electron chi connectivity index (χ3n) is 4.02. The molecule has 136 valence electrons. The Labute approximate surface area is 152 Å². The molecule has 0 radical (unpaired) electrons. The van der Waals surface area contributed by atoms with E-state index in [1.807, 2.05) is 6.92 Å². The van der Waals surface area contributed by atoms with Crippen molar-refractivity contribution in [3.8, 4) is 0 Å². The molecule has 6 nitrogen and oxygen atoms in total. The number of carbonyl (C=O) groups excluding carboxylic acids is 1. The lowest BCUT2D eigenvalue weighted by atomic mass is 10.1. The van der Waals surface area contributed by atoms with Gasteiger partial charge in [0.1, 0.15) is 0 Å². The summed E-state index contributed by atoms with van der Waals surface area (Å²) in [7, 11) is -0.699. The van der Waals surface area contributed by atoms with E-state index in [2.05, 4.69) is 4.98 Å². The number of sulfonamides is 1. The van der Waals surface area contributed by atoms with Gasteiger partial charge in [-0.3, -0.25) is 0 Å². The fourth-order valence-electron chi connectivity index (χ4n) is 2.30. The van der Waals surface area contributed by atoms with Crippen LogP contribution in [0.15, 0.2) is 22.5 Å².